The van der Waals surface area contributed by atoms with E-state index in [0.717, 1.165) is 26.2 Å². The number of halogens is 2. The quantitative estimate of drug-likeness (QED) is 0.400. The molecule has 0 bridgehead atoms. The van der Waals surface area contributed by atoms with Gasteiger partial charge in [-0.25, -0.2) is 0 Å². The van der Waals surface area contributed by atoms with E-state index in [2.05, 4.69) is 0 Å². The van der Waals surface area contributed by atoms with Gasteiger partial charge < -0.3 is 0 Å². The van der Waals surface area contributed by atoms with E-state index in [1.807, 2.05) is 37.1 Å². The van der Waals surface area contributed by atoms with E-state index in [0.29, 0.717) is 11.4 Å². The molecule has 0 aliphatic rings. The van der Waals surface area contributed by atoms with E-state index >= 15 is 0 Å². The first-order chi connectivity index (χ1) is 12.1. The Kier molecular flexibility index (Phi) is 4.12. The van der Waals surface area contributed by atoms with Crippen LogP contribution in [0.5, 0.6) is 0 Å². The van der Waals surface area contributed by atoms with Crippen molar-refractivity contribution in [3.63, 3.8) is 0 Å². The third-order valence-corrected chi connectivity index (χ3v) is 4.83. The molecule has 0 radical (unpaired) electrons. The molecule has 0 amide bonds. The van der Waals surface area contributed by atoms with Gasteiger partial charge in [0.2, 0.25) is 0 Å². The summed E-state index contributed by atoms with van der Waals surface area (Å²) in [7, 11) is 0. The fourth-order valence-electron chi connectivity index (χ4n) is 2.65. The zero-order valence-corrected chi connectivity index (χ0v) is 15.2. The van der Waals surface area contributed by atoms with E-state index in [4.69, 9.17) is 9.97 Å². The van der Waals surface area contributed by atoms with Gasteiger partial charge >= 0.3 is 154 Å². The summed E-state index contributed by atoms with van der Waals surface area (Å²) in [5, 5.41) is 0. The Labute approximate surface area is 153 Å². The molecule has 0 unspecified atom stereocenters. The molecule has 4 aromatic rings. The minimum atomic E-state index is -0.309. The second kappa shape index (κ2) is 6.43. The van der Waals surface area contributed by atoms with Gasteiger partial charge in [0.15, 0.2) is 0 Å². The van der Waals surface area contributed by atoms with Gasteiger partial charge in [-0.2, -0.15) is 0 Å². The van der Waals surface area contributed by atoms with E-state index in [-0.39, 0.29) is 11.6 Å². The monoisotopic (exact) mass is 510 g/mol. The van der Waals surface area contributed by atoms with Gasteiger partial charge in [-0.05, 0) is 0 Å². The van der Waals surface area contributed by atoms with Gasteiger partial charge in [0.25, 0.3) is 0 Å². The van der Waals surface area contributed by atoms with Gasteiger partial charge in [0.1, 0.15) is 0 Å². The molecule has 0 aliphatic heterocycles. The predicted octanol–water partition coefficient (Wildman–Crippen LogP) is 4.41. The third-order valence-electron chi connectivity index (χ3n) is 3.86. The van der Waals surface area contributed by atoms with Crippen LogP contribution in [-0.4, -0.2) is 9.97 Å². The normalized spacial score (nSPS) is 11.0. The summed E-state index contributed by atoms with van der Waals surface area (Å²) in [4.78, 5) is 9.55. The van der Waals surface area contributed by atoms with E-state index in [1.54, 1.807) is 24.3 Å². The van der Waals surface area contributed by atoms with Crippen molar-refractivity contribution in [2.24, 2.45) is 0 Å². The number of aromatic nitrogens is 2. The van der Waals surface area contributed by atoms with Crippen molar-refractivity contribution >= 4 is 15.1 Å². The second-order valence-corrected chi connectivity index (χ2v) is 6.81. The number of nitrogens with zero attached hydrogens (tertiary/aromatic N) is 2. The van der Waals surface area contributed by atoms with Gasteiger partial charge in [-0.3, -0.25) is 0 Å². The summed E-state index contributed by atoms with van der Waals surface area (Å²) in [6.07, 6.45) is 0. The maximum absolute atomic E-state index is 13.3. The molecule has 1 heterocycles. The van der Waals surface area contributed by atoms with Crippen molar-refractivity contribution in [3.05, 3.63) is 78.4 Å². The van der Waals surface area contributed by atoms with Crippen LogP contribution in [0.25, 0.3) is 33.5 Å². The Morgan fingerprint density at radius 2 is 1.16 bits per heavy atom. The van der Waals surface area contributed by atoms with Crippen LogP contribution >= 0.6 is 0 Å². The van der Waals surface area contributed by atoms with Gasteiger partial charge in [0.05, 0.1) is 0 Å². The van der Waals surface area contributed by atoms with Crippen LogP contribution in [0.4, 0.5) is 8.78 Å². The standard InChI is InChI=1S/C20H11F2N2.Ir/c21-15-9-5-13(6-10-15)19-20(14-7-11-16(22)12-8-14)24-18-4-2-1-3-17(18)23-19;/h1-3,5-12H;. The number of para-hydroxylation sites is 1. The average Bonchev–Trinajstić information content (AvgIpc) is 2.63. The Balaban J connectivity index is 2.03. The first kappa shape index (κ1) is 16.0. The summed E-state index contributed by atoms with van der Waals surface area (Å²) in [6.45, 7) is 0. The molecule has 4 rings (SSSR count). The molecule has 0 saturated carbocycles. The van der Waals surface area contributed by atoms with Crippen LogP contribution < -0.4 is 4.08 Å². The molecule has 0 spiro atoms. The summed E-state index contributed by atoms with van der Waals surface area (Å²) in [5.74, 6) is -0.617. The van der Waals surface area contributed by atoms with E-state index in [1.165, 1.54) is 24.3 Å². The van der Waals surface area contributed by atoms with E-state index in [9.17, 15) is 8.78 Å². The number of fused-ring (bicyclic) bond motifs is 1. The topological polar surface area (TPSA) is 25.8 Å². The third kappa shape index (κ3) is 3.09. The van der Waals surface area contributed by atoms with Crippen LogP contribution in [0.2, 0.25) is 0 Å². The van der Waals surface area contributed by atoms with Gasteiger partial charge in [-0.15, -0.1) is 0 Å². The van der Waals surface area contributed by atoms with Crippen LogP contribution in [-0.2, 0) is 18.9 Å². The van der Waals surface area contributed by atoms with Gasteiger partial charge in [0, 0.05) is 0 Å². The molecule has 5 heteroatoms. The second-order valence-electron chi connectivity index (χ2n) is 5.52. The summed E-state index contributed by atoms with van der Waals surface area (Å²) in [6, 6.07) is 18.1. The molecule has 0 N–H and O–H groups in total. The number of benzene rings is 3. The van der Waals surface area contributed by atoms with Crippen LogP contribution in [0.15, 0.2) is 66.7 Å². The number of rotatable bonds is 2. The average molecular weight is 510 g/mol. The molecule has 1 aromatic heterocycles. The first-order valence-corrected chi connectivity index (χ1v) is 8.77. The SMILES string of the molecule is Fc1ccc(-c2nc3ccc[c]([Ir])c3nc2-c2ccc(F)cc2)cc1. The maximum atomic E-state index is 13.3. The summed E-state index contributed by atoms with van der Waals surface area (Å²) < 4.78 is 27.6. The Morgan fingerprint density at radius 3 is 1.72 bits per heavy atom. The van der Waals surface area contributed by atoms with Crippen LogP contribution in [0.3, 0.4) is 0 Å². The Morgan fingerprint density at radius 1 is 0.640 bits per heavy atom. The summed E-state index contributed by atoms with van der Waals surface area (Å²) in [5.41, 5.74) is 4.38. The number of hydrogen-bond acceptors (Lipinski definition) is 2. The van der Waals surface area contributed by atoms with Crippen molar-refractivity contribution in [3.8, 4) is 22.5 Å². The molecule has 0 aliphatic carbocycles. The van der Waals surface area contributed by atoms with Crippen molar-refractivity contribution in [2.45, 2.75) is 0 Å². The Bertz CT molecular complexity index is 1060. The Hall–Kier alpha value is -2.49. The zero-order valence-electron chi connectivity index (χ0n) is 12.8. The van der Waals surface area contributed by atoms with Crippen LogP contribution in [0.1, 0.15) is 0 Å². The summed E-state index contributed by atoms with van der Waals surface area (Å²) >= 11 is 1.98. The molecule has 124 valence electrons. The van der Waals surface area contributed by atoms with E-state index < -0.39 is 0 Å². The fourth-order valence-corrected chi connectivity index (χ4v) is 3.32. The van der Waals surface area contributed by atoms with Crippen molar-refractivity contribution in [2.75, 3.05) is 0 Å². The molecule has 0 atom stereocenters. The molecule has 0 fully saturated rings. The van der Waals surface area contributed by atoms with Crippen molar-refractivity contribution in [1.82, 2.24) is 9.97 Å². The fraction of sp³-hybridized carbons (Fsp3) is 0. The first-order valence-electron chi connectivity index (χ1n) is 7.58. The molecular formula is C20H11F2IrN2. The zero-order chi connectivity index (χ0) is 17.4. The molecule has 2 nitrogen and oxygen atoms in total. The van der Waals surface area contributed by atoms with Crippen molar-refractivity contribution < 1.29 is 27.7 Å². The molecular weight excluding hydrogens is 498 g/mol. The van der Waals surface area contributed by atoms with Crippen molar-refractivity contribution in [1.29, 1.82) is 0 Å². The minimum absolute atomic E-state index is 0.308. The number of hydrogen-bond donors (Lipinski definition) is 0. The molecule has 3 aromatic carbocycles. The predicted molar refractivity (Wildman–Crippen MR) is 90.0 cm³/mol. The van der Waals surface area contributed by atoms with Crippen LogP contribution in [0, 0.1) is 11.6 Å². The molecule has 0 saturated heterocycles. The van der Waals surface area contributed by atoms with Gasteiger partial charge in [-0.1, -0.05) is 0 Å². The molecule has 25 heavy (non-hydrogen) atoms.